The molecule has 20 heavy (non-hydrogen) atoms. The molecule has 0 unspecified atom stereocenters. The molecule has 1 aliphatic heterocycles. The maximum Gasteiger partial charge on any atom is 0.147 e. The van der Waals surface area contributed by atoms with Gasteiger partial charge in [0.25, 0.3) is 0 Å². The molecule has 1 aliphatic rings. The molecule has 0 radical (unpaired) electrons. The van der Waals surface area contributed by atoms with Crippen LogP contribution in [0.1, 0.15) is 12.7 Å². The molecule has 0 saturated carbocycles. The third-order valence-corrected chi connectivity index (χ3v) is 3.61. The molecule has 0 atom stereocenters. The van der Waals surface area contributed by atoms with Crippen molar-refractivity contribution in [3.8, 4) is 0 Å². The zero-order valence-corrected chi connectivity index (χ0v) is 11.7. The Morgan fingerprint density at radius 1 is 1.10 bits per heavy atom. The van der Waals surface area contributed by atoms with Gasteiger partial charge in [-0.3, -0.25) is 9.88 Å². The maximum atomic E-state index is 4.35. The second kappa shape index (κ2) is 5.96. The van der Waals surface area contributed by atoms with Crippen LogP contribution in [-0.4, -0.2) is 55.8 Å². The smallest absolute Gasteiger partial charge is 0.147 e. The monoisotopic (exact) mass is 273 g/mol. The lowest BCUT2D eigenvalue weighted by Crippen LogP contribution is -2.46. The van der Waals surface area contributed by atoms with Crippen LogP contribution in [0.25, 0.3) is 0 Å². The Morgan fingerprint density at radius 3 is 2.65 bits per heavy atom. The molecule has 1 saturated heterocycles. The normalized spacial score (nSPS) is 16.6. The Labute approximate surface area is 118 Å². The van der Waals surface area contributed by atoms with E-state index in [4.69, 9.17) is 0 Å². The van der Waals surface area contributed by atoms with Gasteiger partial charge in [-0.1, -0.05) is 0 Å². The van der Waals surface area contributed by atoms with Crippen molar-refractivity contribution in [3.63, 3.8) is 0 Å². The molecule has 7 nitrogen and oxygen atoms in total. The van der Waals surface area contributed by atoms with Crippen molar-refractivity contribution in [3.05, 3.63) is 30.7 Å². The predicted octanol–water partition coefficient (Wildman–Crippen LogP) is 0.410. The summed E-state index contributed by atoms with van der Waals surface area (Å²) in [5, 5.41) is 4.21. The lowest BCUT2D eigenvalue weighted by atomic mass is 10.3. The van der Waals surface area contributed by atoms with Gasteiger partial charge in [-0.15, -0.1) is 0 Å². The molecule has 0 N–H and O–H groups in total. The number of anilines is 1. The molecule has 0 amide bonds. The number of piperazine rings is 1. The largest absolute Gasteiger partial charge is 0.353 e. The lowest BCUT2D eigenvalue weighted by molar-refractivity contribution is 0.239. The summed E-state index contributed by atoms with van der Waals surface area (Å²) >= 11 is 0. The van der Waals surface area contributed by atoms with E-state index in [1.165, 1.54) is 0 Å². The van der Waals surface area contributed by atoms with Gasteiger partial charge in [0.1, 0.15) is 18.0 Å². The van der Waals surface area contributed by atoms with Gasteiger partial charge in [0.2, 0.25) is 0 Å². The van der Waals surface area contributed by atoms with Crippen LogP contribution in [0.2, 0.25) is 0 Å². The zero-order chi connectivity index (χ0) is 13.8. The number of nitrogens with zero attached hydrogens (tertiary/aromatic N) is 7. The molecule has 0 aliphatic carbocycles. The minimum Gasteiger partial charge on any atom is -0.353 e. The first-order valence-electron chi connectivity index (χ1n) is 6.97. The van der Waals surface area contributed by atoms with Crippen LogP contribution in [0, 0.1) is 0 Å². The summed E-state index contributed by atoms with van der Waals surface area (Å²) in [5.74, 6) is 2.00. The lowest BCUT2D eigenvalue weighted by Gasteiger charge is -2.34. The highest BCUT2D eigenvalue weighted by molar-refractivity contribution is 5.35. The Morgan fingerprint density at radius 2 is 1.95 bits per heavy atom. The summed E-state index contributed by atoms with van der Waals surface area (Å²) in [6, 6.07) is 0. The SMILES string of the molecule is CCn1ncnc1CN1CCN(c2cnccn2)CC1. The van der Waals surface area contributed by atoms with E-state index in [2.05, 4.69) is 36.8 Å². The standard InChI is InChI=1S/C13H19N7/c1-2-20-13(16-11-17-20)10-18-5-7-19(8-6-18)12-9-14-3-4-15-12/h3-4,9,11H,2,5-8,10H2,1H3. The highest BCUT2D eigenvalue weighted by atomic mass is 15.4. The first-order chi connectivity index (χ1) is 9.86. The van der Waals surface area contributed by atoms with Crippen LogP contribution in [0.3, 0.4) is 0 Å². The van der Waals surface area contributed by atoms with Gasteiger partial charge in [0.05, 0.1) is 12.7 Å². The highest BCUT2D eigenvalue weighted by Crippen LogP contribution is 2.12. The van der Waals surface area contributed by atoms with E-state index in [1.807, 2.05) is 10.9 Å². The molecule has 3 rings (SSSR count). The molecule has 2 aromatic rings. The highest BCUT2D eigenvalue weighted by Gasteiger charge is 2.19. The molecular formula is C13H19N7. The van der Waals surface area contributed by atoms with Gasteiger partial charge in [-0.2, -0.15) is 5.10 Å². The summed E-state index contributed by atoms with van der Waals surface area (Å²) in [6.45, 7) is 7.78. The van der Waals surface area contributed by atoms with Crippen molar-refractivity contribution in [1.82, 2.24) is 29.6 Å². The molecule has 106 valence electrons. The number of hydrogen-bond donors (Lipinski definition) is 0. The van der Waals surface area contributed by atoms with Gasteiger partial charge in [-0.25, -0.2) is 14.6 Å². The van der Waals surface area contributed by atoms with E-state index in [-0.39, 0.29) is 0 Å². The van der Waals surface area contributed by atoms with E-state index in [0.29, 0.717) is 0 Å². The molecule has 0 bridgehead atoms. The number of hydrogen-bond acceptors (Lipinski definition) is 6. The average Bonchev–Trinajstić information content (AvgIpc) is 2.96. The third kappa shape index (κ3) is 2.77. The minimum absolute atomic E-state index is 0.863. The molecule has 0 aromatic carbocycles. The van der Waals surface area contributed by atoms with Gasteiger partial charge >= 0.3 is 0 Å². The number of aromatic nitrogens is 5. The molecule has 2 aromatic heterocycles. The van der Waals surface area contributed by atoms with Crippen molar-refractivity contribution < 1.29 is 0 Å². The van der Waals surface area contributed by atoms with Crippen molar-refractivity contribution in [2.75, 3.05) is 31.1 Å². The molecule has 7 heteroatoms. The van der Waals surface area contributed by atoms with Gasteiger partial charge in [-0.05, 0) is 6.92 Å². The molecular weight excluding hydrogens is 254 g/mol. The second-order valence-corrected chi connectivity index (χ2v) is 4.82. The van der Waals surface area contributed by atoms with Gasteiger partial charge in [0, 0.05) is 45.1 Å². The fraction of sp³-hybridized carbons (Fsp3) is 0.538. The number of aryl methyl sites for hydroxylation is 1. The summed E-state index contributed by atoms with van der Waals surface area (Å²) in [7, 11) is 0. The van der Waals surface area contributed by atoms with Crippen LogP contribution < -0.4 is 4.90 Å². The van der Waals surface area contributed by atoms with E-state index in [0.717, 1.165) is 50.9 Å². The summed E-state index contributed by atoms with van der Waals surface area (Å²) in [5.41, 5.74) is 0. The summed E-state index contributed by atoms with van der Waals surface area (Å²) in [6.07, 6.45) is 6.90. The zero-order valence-electron chi connectivity index (χ0n) is 11.7. The Balaban J connectivity index is 1.56. The van der Waals surface area contributed by atoms with E-state index >= 15 is 0 Å². The fourth-order valence-electron chi connectivity index (χ4n) is 2.46. The van der Waals surface area contributed by atoms with Crippen LogP contribution >= 0.6 is 0 Å². The van der Waals surface area contributed by atoms with Crippen molar-refractivity contribution in [1.29, 1.82) is 0 Å². The predicted molar refractivity (Wildman–Crippen MR) is 75.2 cm³/mol. The molecule has 0 spiro atoms. The second-order valence-electron chi connectivity index (χ2n) is 4.82. The Bertz CT molecular complexity index is 531. The van der Waals surface area contributed by atoms with E-state index in [9.17, 15) is 0 Å². The van der Waals surface area contributed by atoms with Crippen LogP contribution in [-0.2, 0) is 13.1 Å². The van der Waals surface area contributed by atoms with Crippen molar-refractivity contribution in [2.45, 2.75) is 20.0 Å². The minimum atomic E-state index is 0.863. The molecule has 1 fully saturated rings. The van der Waals surface area contributed by atoms with E-state index in [1.54, 1.807) is 18.7 Å². The van der Waals surface area contributed by atoms with E-state index < -0.39 is 0 Å². The van der Waals surface area contributed by atoms with Crippen molar-refractivity contribution in [2.24, 2.45) is 0 Å². The fourth-order valence-corrected chi connectivity index (χ4v) is 2.46. The average molecular weight is 273 g/mol. The topological polar surface area (TPSA) is 63.0 Å². The van der Waals surface area contributed by atoms with Gasteiger partial charge < -0.3 is 4.90 Å². The third-order valence-electron chi connectivity index (χ3n) is 3.61. The van der Waals surface area contributed by atoms with Crippen LogP contribution in [0.5, 0.6) is 0 Å². The quantitative estimate of drug-likeness (QED) is 0.804. The first-order valence-corrected chi connectivity index (χ1v) is 6.97. The maximum absolute atomic E-state index is 4.35. The van der Waals surface area contributed by atoms with Crippen LogP contribution in [0.15, 0.2) is 24.9 Å². The summed E-state index contributed by atoms with van der Waals surface area (Å²) in [4.78, 5) is 17.5. The Kier molecular flexibility index (Phi) is 3.87. The number of rotatable bonds is 4. The molecule has 3 heterocycles. The van der Waals surface area contributed by atoms with Crippen LogP contribution in [0.4, 0.5) is 5.82 Å². The first kappa shape index (κ1) is 13.0. The van der Waals surface area contributed by atoms with Crippen molar-refractivity contribution >= 4 is 5.82 Å². The Hall–Kier alpha value is -2.02. The summed E-state index contributed by atoms with van der Waals surface area (Å²) < 4.78 is 1.95. The van der Waals surface area contributed by atoms with Gasteiger partial charge in [0.15, 0.2) is 0 Å².